The lowest BCUT2D eigenvalue weighted by atomic mass is 10.1. The number of hydrogen-bond acceptors (Lipinski definition) is 1. The van der Waals surface area contributed by atoms with Crippen LogP contribution < -0.4 is 5.32 Å². The smallest absolute Gasteiger partial charge is 0.0406 e. The molecule has 0 bridgehead atoms. The van der Waals surface area contributed by atoms with Gasteiger partial charge in [0.05, 0.1) is 0 Å². The van der Waals surface area contributed by atoms with Crippen LogP contribution in [0.2, 0.25) is 5.02 Å². The molecule has 0 aliphatic rings. The molecular formula is C11H16ClN. The van der Waals surface area contributed by atoms with Crippen molar-refractivity contribution in [2.45, 2.75) is 26.3 Å². The Hall–Kier alpha value is -0.530. The van der Waals surface area contributed by atoms with Gasteiger partial charge in [-0.15, -0.1) is 0 Å². The molecule has 1 atom stereocenters. The molecule has 0 unspecified atom stereocenters. The van der Waals surface area contributed by atoms with Gasteiger partial charge in [0.1, 0.15) is 0 Å². The minimum atomic E-state index is 0.414. The molecule has 1 nitrogen and oxygen atoms in total. The number of nitrogens with one attached hydrogen (secondary N) is 1. The van der Waals surface area contributed by atoms with E-state index in [0.29, 0.717) is 6.04 Å². The van der Waals surface area contributed by atoms with Crippen LogP contribution in [0.3, 0.4) is 0 Å². The maximum atomic E-state index is 5.80. The summed E-state index contributed by atoms with van der Waals surface area (Å²) in [6, 6.07) is 8.41. The summed E-state index contributed by atoms with van der Waals surface area (Å²) in [5.74, 6) is 0. The lowest BCUT2D eigenvalue weighted by molar-refractivity contribution is 0.571. The van der Waals surface area contributed by atoms with Gasteiger partial charge >= 0.3 is 0 Å². The van der Waals surface area contributed by atoms with E-state index in [2.05, 4.69) is 31.3 Å². The van der Waals surface area contributed by atoms with Crippen LogP contribution in [0.25, 0.3) is 0 Å². The van der Waals surface area contributed by atoms with Gasteiger partial charge in [-0.1, -0.05) is 30.7 Å². The van der Waals surface area contributed by atoms with E-state index in [1.165, 1.54) is 5.56 Å². The molecule has 0 spiro atoms. The van der Waals surface area contributed by atoms with E-state index in [9.17, 15) is 0 Å². The van der Waals surface area contributed by atoms with Gasteiger partial charge in [0.15, 0.2) is 0 Å². The van der Waals surface area contributed by atoms with Crippen LogP contribution in [0, 0.1) is 0 Å². The Bertz CT molecular complexity index is 243. The van der Waals surface area contributed by atoms with E-state index < -0.39 is 0 Å². The molecular weight excluding hydrogens is 182 g/mol. The van der Waals surface area contributed by atoms with Crippen LogP contribution in [-0.2, 0) is 0 Å². The summed E-state index contributed by atoms with van der Waals surface area (Å²) in [4.78, 5) is 0. The van der Waals surface area contributed by atoms with Crippen LogP contribution in [-0.4, -0.2) is 6.54 Å². The number of hydrogen-bond donors (Lipinski definition) is 1. The Morgan fingerprint density at radius 2 is 1.92 bits per heavy atom. The van der Waals surface area contributed by atoms with Gasteiger partial charge in [0.2, 0.25) is 0 Å². The largest absolute Gasteiger partial charge is 0.310 e. The molecule has 0 aliphatic heterocycles. The van der Waals surface area contributed by atoms with Crippen molar-refractivity contribution in [2.24, 2.45) is 0 Å². The van der Waals surface area contributed by atoms with Crippen molar-refractivity contribution in [3.63, 3.8) is 0 Å². The fraction of sp³-hybridized carbons (Fsp3) is 0.455. The van der Waals surface area contributed by atoms with Crippen molar-refractivity contribution in [2.75, 3.05) is 6.54 Å². The number of halogens is 1. The van der Waals surface area contributed by atoms with Crippen LogP contribution in [0.15, 0.2) is 24.3 Å². The Labute approximate surface area is 85.1 Å². The normalized spacial score (nSPS) is 12.8. The third-order valence-electron chi connectivity index (χ3n) is 2.07. The van der Waals surface area contributed by atoms with Gasteiger partial charge in [0, 0.05) is 11.1 Å². The fourth-order valence-electron chi connectivity index (χ4n) is 1.23. The first kappa shape index (κ1) is 10.6. The molecule has 0 saturated carbocycles. The molecule has 0 aromatic heterocycles. The maximum Gasteiger partial charge on any atom is 0.0406 e. The topological polar surface area (TPSA) is 12.0 Å². The van der Waals surface area contributed by atoms with Gasteiger partial charge in [-0.25, -0.2) is 0 Å². The van der Waals surface area contributed by atoms with E-state index >= 15 is 0 Å². The predicted molar refractivity (Wildman–Crippen MR) is 58.2 cm³/mol. The Balaban J connectivity index is 2.55. The van der Waals surface area contributed by atoms with Crippen molar-refractivity contribution in [1.29, 1.82) is 0 Å². The average molecular weight is 198 g/mol. The highest BCUT2D eigenvalue weighted by Crippen LogP contribution is 2.15. The Kier molecular flexibility index (Phi) is 4.26. The van der Waals surface area contributed by atoms with Gasteiger partial charge in [-0.2, -0.15) is 0 Å². The summed E-state index contributed by atoms with van der Waals surface area (Å²) >= 11 is 5.80. The SMILES string of the molecule is CCCN[C@H](C)c1ccc(Cl)cc1. The second-order valence-electron chi connectivity index (χ2n) is 3.23. The zero-order valence-corrected chi connectivity index (χ0v) is 8.93. The van der Waals surface area contributed by atoms with Crippen molar-refractivity contribution in [3.05, 3.63) is 34.9 Å². The van der Waals surface area contributed by atoms with Gasteiger partial charge in [0.25, 0.3) is 0 Å². The molecule has 0 fully saturated rings. The standard InChI is InChI=1S/C11H16ClN/c1-3-8-13-9(2)10-4-6-11(12)7-5-10/h4-7,9,13H,3,8H2,1-2H3/t9-/m1/s1. The van der Waals surface area contributed by atoms with E-state index in [0.717, 1.165) is 18.0 Å². The van der Waals surface area contributed by atoms with E-state index in [-0.39, 0.29) is 0 Å². The highest BCUT2D eigenvalue weighted by molar-refractivity contribution is 6.30. The molecule has 1 rings (SSSR count). The molecule has 2 heteroatoms. The quantitative estimate of drug-likeness (QED) is 0.780. The molecule has 0 saturated heterocycles. The molecule has 1 aromatic carbocycles. The first-order valence-electron chi connectivity index (χ1n) is 4.73. The van der Waals surface area contributed by atoms with E-state index in [1.807, 2.05) is 12.1 Å². The molecule has 0 amide bonds. The van der Waals surface area contributed by atoms with Gasteiger partial charge in [-0.3, -0.25) is 0 Å². The van der Waals surface area contributed by atoms with E-state index in [1.54, 1.807) is 0 Å². The molecule has 0 radical (unpaired) electrons. The highest BCUT2D eigenvalue weighted by Gasteiger charge is 2.02. The van der Waals surface area contributed by atoms with Crippen LogP contribution in [0.4, 0.5) is 0 Å². The van der Waals surface area contributed by atoms with Crippen molar-refractivity contribution in [3.8, 4) is 0 Å². The lowest BCUT2D eigenvalue weighted by Crippen LogP contribution is -2.18. The van der Waals surface area contributed by atoms with Crippen molar-refractivity contribution >= 4 is 11.6 Å². The Morgan fingerprint density at radius 3 is 2.46 bits per heavy atom. The molecule has 1 N–H and O–H groups in total. The van der Waals surface area contributed by atoms with Gasteiger partial charge < -0.3 is 5.32 Å². The zero-order chi connectivity index (χ0) is 9.68. The van der Waals surface area contributed by atoms with Crippen LogP contribution in [0.5, 0.6) is 0 Å². The monoisotopic (exact) mass is 197 g/mol. The summed E-state index contributed by atoms with van der Waals surface area (Å²) in [6.45, 7) is 5.39. The van der Waals surface area contributed by atoms with Gasteiger partial charge in [-0.05, 0) is 37.6 Å². The fourth-order valence-corrected chi connectivity index (χ4v) is 1.36. The molecule has 72 valence electrons. The second kappa shape index (κ2) is 5.25. The van der Waals surface area contributed by atoms with Crippen LogP contribution >= 0.6 is 11.6 Å². The van der Waals surface area contributed by atoms with Crippen molar-refractivity contribution < 1.29 is 0 Å². The third kappa shape index (κ3) is 3.37. The average Bonchev–Trinajstić information content (AvgIpc) is 2.15. The van der Waals surface area contributed by atoms with Crippen molar-refractivity contribution in [1.82, 2.24) is 5.32 Å². The maximum absolute atomic E-state index is 5.80. The highest BCUT2D eigenvalue weighted by atomic mass is 35.5. The predicted octanol–water partition coefficient (Wildman–Crippen LogP) is 3.40. The zero-order valence-electron chi connectivity index (χ0n) is 8.18. The summed E-state index contributed by atoms with van der Waals surface area (Å²) in [5, 5.41) is 4.22. The minimum Gasteiger partial charge on any atom is -0.310 e. The third-order valence-corrected chi connectivity index (χ3v) is 2.32. The summed E-state index contributed by atoms with van der Waals surface area (Å²) in [5.41, 5.74) is 1.29. The Morgan fingerprint density at radius 1 is 1.31 bits per heavy atom. The molecule has 0 aliphatic carbocycles. The second-order valence-corrected chi connectivity index (χ2v) is 3.66. The molecule has 1 aromatic rings. The first-order valence-corrected chi connectivity index (χ1v) is 5.10. The van der Waals surface area contributed by atoms with E-state index in [4.69, 9.17) is 11.6 Å². The summed E-state index contributed by atoms with van der Waals surface area (Å²) in [6.07, 6.45) is 1.16. The number of rotatable bonds is 4. The van der Waals surface area contributed by atoms with Crippen LogP contribution in [0.1, 0.15) is 31.9 Å². The lowest BCUT2D eigenvalue weighted by Gasteiger charge is -2.13. The molecule has 13 heavy (non-hydrogen) atoms. The first-order chi connectivity index (χ1) is 6.24. The summed E-state index contributed by atoms with van der Waals surface area (Å²) in [7, 11) is 0. The summed E-state index contributed by atoms with van der Waals surface area (Å²) < 4.78 is 0. The minimum absolute atomic E-state index is 0.414. The molecule has 0 heterocycles. The number of benzene rings is 1.